The molecule has 2 heterocycles. The first-order chi connectivity index (χ1) is 18.9. The van der Waals surface area contributed by atoms with Crippen LogP contribution in [0.3, 0.4) is 0 Å². The summed E-state index contributed by atoms with van der Waals surface area (Å²) in [6.07, 6.45) is 2.29. The molecule has 4 aromatic rings. The second-order valence-electron chi connectivity index (χ2n) is 9.08. The van der Waals surface area contributed by atoms with Crippen LogP contribution in [0, 0.1) is 5.82 Å². The minimum absolute atomic E-state index is 0.101. The topological polar surface area (TPSA) is 101 Å². The molecule has 0 saturated carbocycles. The molecule has 9 heteroatoms. The van der Waals surface area contributed by atoms with Crippen molar-refractivity contribution >= 4 is 28.4 Å². The van der Waals surface area contributed by atoms with E-state index in [1.165, 1.54) is 43.4 Å². The lowest BCUT2D eigenvalue weighted by Crippen LogP contribution is -2.31. The molecule has 2 N–H and O–H groups in total. The van der Waals surface area contributed by atoms with Crippen LogP contribution < -0.4 is 14.2 Å². The van der Waals surface area contributed by atoms with E-state index in [0.29, 0.717) is 29.2 Å². The highest BCUT2D eigenvalue weighted by molar-refractivity contribution is 6.46. The van der Waals surface area contributed by atoms with E-state index in [-0.39, 0.29) is 17.7 Å². The van der Waals surface area contributed by atoms with Gasteiger partial charge in [0.05, 0.1) is 32.9 Å². The maximum Gasteiger partial charge on any atom is 0.295 e. The van der Waals surface area contributed by atoms with Crippen LogP contribution in [-0.2, 0) is 16.0 Å². The van der Waals surface area contributed by atoms with Crippen LogP contribution in [0.2, 0.25) is 0 Å². The molecule has 0 aliphatic carbocycles. The van der Waals surface area contributed by atoms with Crippen LogP contribution in [-0.4, -0.2) is 54.6 Å². The number of fused-ring (bicyclic) bond motifs is 1. The Morgan fingerprint density at radius 3 is 2.33 bits per heavy atom. The predicted molar refractivity (Wildman–Crippen MR) is 144 cm³/mol. The molecule has 3 aromatic carbocycles. The molecule has 1 aliphatic rings. The van der Waals surface area contributed by atoms with Gasteiger partial charge in [0.1, 0.15) is 28.8 Å². The van der Waals surface area contributed by atoms with E-state index in [0.717, 1.165) is 16.5 Å². The first-order valence-corrected chi connectivity index (χ1v) is 12.3. The fourth-order valence-electron chi connectivity index (χ4n) is 4.97. The summed E-state index contributed by atoms with van der Waals surface area (Å²) in [5, 5.41) is 12.2. The number of aromatic nitrogens is 1. The Kier molecular flexibility index (Phi) is 6.98. The fourth-order valence-corrected chi connectivity index (χ4v) is 4.97. The summed E-state index contributed by atoms with van der Waals surface area (Å²) < 4.78 is 29.8. The SMILES string of the molecule is COc1ccc([C@@H]2C(=C(O)c3ccc(F)cc3)C(=O)C(=O)N2CCc2c[nH]c3ccc(OC)cc23)c(OC)c1. The lowest BCUT2D eigenvalue weighted by Gasteiger charge is -2.27. The molecule has 8 nitrogen and oxygen atoms in total. The van der Waals surface area contributed by atoms with E-state index in [1.807, 2.05) is 24.4 Å². The number of Topliss-reactive ketones (excluding diaryl/α,β-unsaturated/α-hetero) is 1. The maximum absolute atomic E-state index is 13.6. The van der Waals surface area contributed by atoms with Gasteiger partial charge in [-0.1, -0.05) is 0 Å². The number of rotatable bonds is 8. The molecular formula is C30H27FN2O6. The van der Waals surface area contributed by atoms with Crippen molar-refractivity contribution in [1.29, 1.82) is 0 Å². The van der Waals surface area contributed by atoms with E-state index in [2.05, 4.69) is 4.98 Å². The van der Waals surface area contributed by atoms with Crippen molar-refractivity contribution in [3.05, 3.63) is 94.9 Å². The first kappa shape index (κ1) is 25.8. The van der Waals surface area contributed by atoms with Crippen LogP contribution in [0.15, 0.2) is 72.4 Å². The van der Waals surface area contributed by atoms with Crippen molar-refractivity contribution in [2.24, 2.45) is 0 Å². The summed E-state index contributed by atoms with van der Waals surface area (Å²) in [6.45, 7) is 0.175. The van der Waals surface area contributed by atoms with E-state index in [9.17, 15) is 19.1 Å². The number of aromatic amines is 1. The van der Waals surface area contributed by atoms with Gasteiger partial charge < -0.3 is 29.2 Å². The van der Waals surface area contributed by atoms with Gasteiger partial charge in [0, 0.05) is 40.8 Å². The van der Waals surface area contributed by atoms with Crippen molar-refractivity contribution in [1.82, 2.24) is 9.88 Å². The molecule has 0 unspecified atom stereocenters. The summed E-state index contributed by atoms with van der Waals surface area (Å²) in [6, 6.07) is 14.9. The van der Waals surface area contributed by atoms with E-state index in [4.69, 9.17) is 14.2 Å². The first-order valence-electron chi connectivity index (χ1n) is 12.3. The summed E-state index contributed by atoms with van der Waals surface area (Å²) in [4.78, 5) is 31.5. The Morgan fingerprint density at radius 2 is 1.64 bits per heavy atom. The number of ether oxygens (including phenoxy) is 3. The number of aliphatic hydroxyl groups is 1. The molecule has 1 fully saturated rings. The zero-order valence-electron chi connectivity index (χ0n) is 21.7. The standard InChI is InChI=1S/C30H27FN2O6/c1-37-20-9-11-24-23(14-20)18(16-32-24)12-13-33-27(22-10-8-21(38-2)15-25(22)39-3)26(29(35)30(33)36)28(34)17-4-6-19(31)7-5-17/h4-11,14-16,27,32,34H,12-13H2,1-3H3/t27-/m1/s1. The third kappa shape index (κ3) is 4.67. The summed E-state index contributed by atoms with van der Waals surface area (Å²) in [5.74, 6) is -0.858. The number of benzene rings is 3. The quantitative estimate of drug-likeness (QED) is 0.189. The highest BCUT2D eigenvalue weighted by atomic mass is 19.1. The highest BCUT2D eigenvalue weighted by Gasteiger charge is 2.47. The average molecular weight is 531 g/mol. The number of ketones is 1. The molecule has 0 bridgehead atoms. The number of hydrogen-bond acceptors (Lipinski definition) is 6. The van der Waals surface area contributed by atoms with Crippen molar-refractivity contribution in [3.8, 4) is 17.2 Å². The number of carbonyl (C=O) groups excluding carboxylic acids is 2. The maximum atomic E-state index is 13.6. The zero-order valence-corrected chi connectivity index (χ0v) is 21.7. The van der Waals surface area contributed by atoms with Crippen LogP contribution in [0.5, 0.6) is 17.2 Å². The van der Waals surface area contributed by atoms with E-state index >= 15 is 0 Å². The fraction of sp³-hybridized carbons (Fsp3) is 0.200. The number of hydrogen-bond donors (Lipinski definition) is 2. The van der Waals surface area contributed by atoms with Crippen LogP contribution in [0.1, 0.15) is 22.7 Å². The second kappa shape index (κ2) is 10.5. The Bertz CT molecular complexity index is 1590. The molecule has 1 atom stereocenters. The molecule has 39 heavy (non-hydrogen) atoms. The average Bonchev–Trinajstić information content (AvgIpc) is 3.48. The number of nitrogens with one attached hydrogen (secondary N) is 1. The Balaban J connectivity index is 1.60. The number of halogens is 1. The van der Waals surface area contributed by atoms with Gasteiger partial charge in [0.2, 0.25) is 0 Å². The minimum atomic E-state index is -0.948. The second-order valence-corrected chi connectivity index (χ2v) is 9.08. The molecule has 1 saturated heterocycles. The van der Waals surface area contributed by atoms with Crippen LogP contribution in [0.25, 0.3) is 16.7 Å². The van der Waals surface area contributed by atoms with Crippen LogP contribution in [0.4, 0.5) is 4.39 Å². The van der Waals surface area contributed by atoms with E-state index < -0.39 is 29.3 Å². The van der Waals surface area contributed by atoms with Gasteiger partial charge in [-0.15, -0.1) is 0 Å². The van der Waals surface area contributed by atoms with Gasteiger partial charge in [-0.05, 0) is 66.6 Å². The van der Waals surface area contributed by atoms with Crippen molar-refractivity contribution in [2.45, 2.75) is 12.5 Å². The number of carbonyl (C=O) groups is 2. The number of nitrogens with zero attached hydrogens (tertiary/aromatic N) is 1. The highest BCUT2D eigenvalue weighted by Crippen LogP contribution is 2.44. The number of amides is 1. The lowest BCUT2D eigenvalue weighted by atomic mass is 9.94. The molecule has 1 aromatic heterocycles. The minimum Gasteiger partial charge on any atom is -0.507 e. The Hall–Kier alpha value is -4.79. The Morgan fingerprint density at radius 1 is 0.949 bits per heavy atom. The molecule has 1 amide bonds. The van der Waals surface area contributed by atoms with Crippen molar-refractivity contribution in [2.75, 3.05) is 27.9 Å². The predicted octanol–water partition coefficient (Wildman–Crippen LogP) is 5.00. The number of methoxy groups -OCH3 is 3. The summed E-state index contributed by atoms with van der Waals surface area (Å²) in [7, 11) is 4.59. The van der Waals surface area contributed by atoms with Gasteiger partial charge >= 0.3 is 0 Å². The number of likely N-dealkylation sites (tertiary alicyclic amines) is 1. The van der Waals surface area contributed by atoms with Crippen LogP contribution >= 0.6 is 0 Å². The lowest BCUT2D eigenvalue weighted by molar-refractivity contribution is -0.139. The monoisotopic (exact) mass is 530 g/mol. The van der Waals surface area contributed by atoms with E-state index in [1.54, 1.807) is 25.3 Å². The molecule has 0 radical (unpaired) electrons. The molecule has 0 spiro atoms. The summed E-state index contributed by atoms with van der Waals surface area (Å²) in [5.41, 5.74) is 2.47. The number of aliphatic hydroxyl groups excluding tert-OH is 1. The van der Waals surface area contributed by atoms with Gasteiger partial charge in [0.25, 0.3) is 11.7 Å². The third-order valence-corrected chi connectivity index (χ3v) is 6.99. The normalized spacial score (nSPS) is 16.6. The molecule has 5 rings (SSSR count). The largest absolute Gasteiger partial charge is 0.507 e. The van der Waals surface area contributed by atoms with Gasteiger partial charge in [-0.25, -0.2) is 4.39 Å². The van der Waals surface area contributed by atoms with Gasteiger partial charge in [-0.2, -0.15) is 0 Å². The molecular weight excluding hydrogens is 503 g/mol. The zero-order chi connectivity index (χ0) is 27.7. The molecule has 200 valence electrons. The van der Waals surface area contributed by atoms with Gasteiger partial charge in [-0.3, -0.25) is 9.59 Å². The smallest absolute Gasteiger partial charge is 0.295 e. The number of H-pyrrole nitrogens is 1. The van der Waals surface area contributed by atoms with Crippen molar-refractivity contribution < 1.29 is 33.3 Å². The third-order valence-electron chi connectivity index (χ3n) is 6.99. The van der Waals surface area contributed by atoms with Gasteiger partial charge in [0.15, 0.2) is 0 Å². The summed E-state index contributed by atoms with van der Waals surface area (Å²) >= 11 is 0. The van der Waals surface area contributed by atoms with Crippen molar-refractivity contribution in [3.63, 3.8) is 0 Å². The molecule has 1 aliphatic heterocycles. The Labute approximate surface area is 224 Å².